The molecule has 0 radical (unpaired) electrons. The number of aryl methyl sites for hydroxylation is 1. The van der Waals surface area contributed by atoms with Crippen LogP contribution in [-0.4, -0.2) is 4.98 Å². The number of hydrogen-bond donors (Lipinski definition) is 0. The third-order valence-electron chi connectivity index (χ3n) is 1.69. The van der Waals surface area contributed by atoms with Crippen molar-refractivity contribution < 1.29 is 13.2 Å². The zero-order valence-corrected chi connectivity index (χ0v) is 7.39. The lowest BCUT2D eigenvalue weighted by Crippen LogP contribution is -2.03. The summed E-state index contributed by atoms with van der Waals surface area (Å²) in [6.45, 7) is 1.42. The van der Waals surface area contributed by atoms with E-state index in [9.17, 15) is 13.2 Å². The highest BCUT2D eigenvalue weighted by atomic mass is 19.3. The third-order valence-corrected chi connectivity index (χ3v) is 1.69. The zero-order chi connectivity index (χ0) is 10.7. The molecule has 1 aromatic heterocycles. The lowest BCUT2D eigenvalue weighted by molar-refractivity contribution is 0.144. The van der Waals surface area contributed by atoms with E-state index < -0.39 is 24.4 Å². The van der Waals surface area contributed by atoms with E-state index in [2.05, 4.69) is 4.98 Å². The van der Waals surface area contributed by atoms with Gasteiger partial charge >= 0.3 is 0 Å². The number of nitriles is 1. The highest BCUT2D eigenvalue weighted by Gasteiger charge is 2.18. The average Bonchev–Trinajstić information content (AvgIpc) is 2.09. The molecular formula is C9H7F3N2. The molecule has 0 saturated carbocycles. The molecule has 0 spiro atoms. The van der Waals surface area contributed by atoms with Gasteiger partial charge in [0.15, 0.2) is 0 Å². The molecule has 0 fully saturated rings. The second kappa shape index (κ2) is 4.09. The van der Waals surface area contributed by atoms with Crippen molar-refractivity contribution in [2.75, 3.05) is 0 Å². The number of rotatable bonds is 2. The Morgan fingerprint density at radius 3 is 2.71 bits per heavy atom. The lowest BCUT2D eigenvalue weighted by Gasteiger charge is -2.07. The summed E-state index contributed by atoms with van der Waals surface area (Å²) in [5.74, 6) is -0.797. The first-order chi connectivity index (χ1) is 6.56. The number of hydrogen-bond acceptors (Lipinski definition) is 2. The van der Waals surface area contributed by atoms with Crippen LogP contribution in [0.3, 0.4) is 0 Å². The Hall–Kier alpha value is -1.57. The molecule has 0 saturated heterocycles. The molecule has 0 aliphatic rings. The van der Waals surface area contributed by atoms with Crippen LogP contribution in [0, 0.1) is 24.1 Å². The number of alkyl halides is 2. The Balaban J connectivity index is 3.30. The van der Waals surface area contributed by atoms with E-state index in [1.54, 1.807) is 6.07 Å². The molecular weight excluding hydrogens is 193 g/mol. The van der Waals surface area contributed by atoms with Crippen molar-refractivity contribution in [1.82, 2.24) is 4.98 Å². The van der Waals surface area contributed by atoms with Gasteiger partial charge in [-0.1, -0.05) is 0 Å². The van der Waals surface area contributed by atoms with Crippen molar-refractivity contribution >= 4 is 0 Å². The van der Waals surface area contributed by atoms with Crippen molar-refractivity contribution in [3.63, 3.8) is 0 Å². The predicted molar refractivity (Wildman–Crippen MR) is 43.2 cm³/mol. The van der Waals surface area contributed by atoms with Gasteiger partial charge in [0.25, 0.3) is 6.43 Å². The Bertz CT molecular complexity index is 382. The minimum absolute atomic E-state index is 0.180. The maximum absolute atomic E-state index is 13.1. The van der Waals surface area contributed by atoms with Crippen LogP contribution >= 0.6 is 0 Å². The van der Waals surface area contributed by atoms with Gasteiger partial charge in [0.05, 0.1) is 12.5 Å². The van der Waals surface area contributed by atoms with Crippen LogP contribution in [-0.2, 0) is 6.42 Å². The standard InChI is InChI=1S/C9H7F3N2/c1-5-4-7(10)6(2-3-13)8(14-5)9(11)12/h4,9H,2H2,1H3. The highest BCUT2D eigenvalue weighted by Crippen LogP contribution is 2.23. The summed E-state index contributed by atoms with van der Waals surface area (Å²) in [4.78, 5) is 3.51. The van der Waals surface area contributed by atoms with E-state index in [0.29, 0.717) is 0 Å². The first kappa shape index (κ1) is 10.5. The largest absolute Gasteiger partial charge is 0.280 e. The molecule has 0 N–H and O–H groups in total. The summed E-state index contributed by atoms with van der Waals surface area (Å²) in [7, 11) is 0. The van der Waals surface area contributed by atoms with Crippen molar-refractivity contribution in [1.29, 1.82) is 5.26 Å². The zero-order valence-electron chi connectivity index (χ0n) is 7.39. The van der Waals surface area contributed by atoms with Crippen LogP contribution in [0.25, 0.3) is 0 Å². The highest BCUT2D eigenvalue weighted by molar-refractivity contribution is 5.28. The molecule has 0 aromatic carbocycles. The fraction of sp³-hybridized carbons (Fsp3) is 0.333. The summed E-state index contributed by atoms with van der Waals surface area (Å²) in [5, 5.41) is 8.33. The van der Waals surface area contributed by atoms with Crippen LogP contribution in [0.4, 0.5) is 13.2 Å². The Morgan fingerprint density at radius 2 is 2.21 bits per heavy atom. The summed E-state index contributed by atoms with van der Waals surface area (Å²) >= 11 is 0. The minimum atomic E-state index is -2.85. The van der Waals surface area contributed by atoms with Gasteiger partial charge in [0.1, 0.15) is 11.5 Å². The average molecular weight is 200 g/mol. The van der Waals surface area contributed by atoms with Gasteiger partial charge in [-0.05, 0) is 13.0 Å². The Kier molecular flexibility index (Phi) is 3.07. The van der Waals surface area contributed by atoms with Crippen molar-refractivity contribution in [3.8, 4) is 6.07 Å². The molecule has 0 unspecified atom stereocenters. The molecule has 14 heavy (non-hydrogen) atoms. The number of nitrogens with zero attached hydrogens (tertiary/aromatic N) is 2. The van der Waals surface area contributed by atoms with Gasteiger partial charge in [0, 0.05) is 11.3 Å². The van der Waals surface area contributed by atoms with E-state index in [1.807, 2.05) is 0 Å². The quantitative estimate of drug-likeness (QED) is 0.735. The van der Waals surface area contributed by atoms with Gasteiger partial charge in [-0.15, -0.1) is 0 Å². The minimum Gasteiger partial charge on any atom is -0.252 e. The van der Waals surface area contributed by atoms with E-state index in [4.69, 9.17) is 5.26 Å². The molecule has 0 aliphatic heterocycles. The molecule has 1 aromatic rings. The van der Waals surface area contributed by atoms with Crippen LogP contribution in [0.5, 0.6) is 0 Å². The topological polar surface area (TPSA) is 36.7 Å². The van der Waals surface area contributed by atoms with Crippen LogP contribution < -0.4 is 0 Å². The first-order valence-corrected chi connectivity index (χ1v) is 3.87. The molecule has 0 atom stereocenters. The van der Waals surface area contributed by atoms with Gasteiger partial charge in [-0.3, -0.25) is 4.98 Å². The van der Waals surface area contributed by atoms with Gasteiger partial charge in [-0.2, -0.15) is 5.26 Å². The SMILES string of the molecule is Cc1cc(F)c(CC#N)c(C(F)F)n1. The fourth-order valence-corrected chi connectivity index (χ4v) is 1.12. The van der Waals surface area contributed by atoms with Crippen molar-refractivity contribution in [3.05, 3.63) is 28.8 Å². The predicted octanol–water partition coefficient (Wildman–Crippen LogP) is 2.53. The molecule has 2 nitrogen and oxygen atoms in total. The summed E-state index contributed by atoms with van der Waals surface area (Å²) in [5.41, 5.74) is -0.767. The molecule has 0 aliphatic carbocycles. The summed E-state index contributed by atoms with van der Waals surface area (Å²) in [6.07, 6.45) is -3.24. The third kappa shape index (κ3) is 2.02. The van der Waals surface area contributed by atoms with Crippen LogP contribution in [0.1, 0.15) is 23.4 Å². The molecule has 1 rings (SSSR count). The van der Waals surface area contributed by atoms with Gasteiger partial charge in [0.2, 0.25) is 0 Å². The second-order valence-electron chi connectivity index (χ2n) is 2.74. The van der Waals surface area contributed by atoms with Crippen LogP contribution in [0.2, 0.25) is 0 Å². The summed E-state index contributed by atoms with van der Waals surface area (Å²) in [6, 6.07) is 2.67. The normalized spacial score (nSPS) is 10.3. The Morgan fingerprint density at radius 1 is 1.57 bits per heavy atom. The van der Waals surface area contributed by atoms with E-state index >= 15 is 0 Å². The van der Waals surface area contributed by atoms with Crippen molar-refractivity contribution in [2.45, 2.75) is 19.8 Å². The number of halogens is 3. The van der Waals surface area contributed by atoms with E-state index in [-0.39, 0.29) is 11.3 Å². The first-order valence-electron chi connectivity index (χ1n) is 3.87. The summed E-state index contributed by atoms with van der Waals surface area (Å²) < 4.78 is 37.9. The maximum atomic E-state index is 13.1. The Labute approximate surface area is 79.0 Å². The van der Waals surface area contributed by atoms with Crippen LogP contribution in [0.15, 0.2) is 6.07 Å². The van der Waals surface area contributed by atoms with Gasteiger partial charge in [-0.25, -0.2) is 13.2 Å². The van der Waals surface area contributed by atoms with E-state index in [1.165, 1.54) is 6.92 Å². The fourth-order valence-electron chi connectivity index (χ4n) is 1.12. The maximum Gasteiger partial charge on any atom is 0.280 e. The van der Waals surface area contributed by atoms with Crippen molar-refractivity contribution in [2.24, 2.45) is 0 Å². The smallest absolute Gasteiger partial charge is 0.252 e. The van der Waals surface area contributed by atoms with E-state index in [0.717, 1.165) is 6.07 Å². The monoisotopic (exact) mass is 200 g/mol. The second-order valence-corrected chi connectivity index (χ2v) is 2.74. The number of aromatic nitrogens is 1. The molecule has 0 amide bonds. The number of pyridine rings is 1. The lowest BCUT2D eigenvalue weighted by atomic mass is 10.1. The molecule has 0 bridgehead atoms. The van der Waals surface area contributed by atoms with Gasteiger partial charge < -0.3 is 0 Å². The molecule has 5 heteroatoms. The molecule has 74 valence electrons. The molecule has 1 heterocycles.